The lowest BCUT2D eigenvalue weighted by Gasteiger charge is -2.27. The Hall–Kier alpha value is -3.61. The Labute approximate surface area is 208 Å². The SMILES string of the molecule is Cn1c(CCc2ccc(Oc3ccc4ccc(Cl)cc4n3)cc2)nc2ccc(NC3COC3)cc21. The second-order valence-corrected chi connectivity index (χ2v) is 9.34. The summed E-state index contributed by atoms with van der Waals surface area (Å²) in [6.45, 7) is 1.54. The summed E-state index contributed by atoms with van der Waals surface area (Å²) in [4.78, 5) is 9.42. The van der Waals surface area contributed by atoms with Gasteiger partial charge in [-0.1, -0.05) is 29.8 Å². The lowest BCUT2D eigenvalue weighted by molar-refractivity contribution is 0.0211. The molecule has 0 unspecified atom stereocenters. The first kappa shape index (κ1) is 21.9. The number of aryl methyl sites for hydroxylation is 3. The van der Waals surface area contributed by atoms with Gasteiger partial charge in [0, 0.05) is 35.6 Å². The molecule has 176 valence electrons. The van der Waals surface area contributed by atoms with Crippen molar-refractivity contribution < 1.29 is 9.47 Å². The fourth-order valence-electron chi connectivity index (χ4n) is 4.34. The molecule has 0 bridgehead atoms. The van der Waals surface area contributed by atoms with Gasteiger partial charge in [-0.15, -0.1) is 0 Å². The number of rotatable bonds is 7. The molecule has 0 saturated carbocycles. The van der Waals surface area contributed by atoms with Crippen molar-refractivity contribution in [3.63, 3.8) is 0 Å². The summed E-state index contributed by atoms with van der Waals surface area (Å²) in [5.41, 5.74) is 5.31. The van der Waals surface area contributed by atoms with Crippen molar-refractivity contribution in [3.8, 4) is 11.6 Å². The van der Waals surface area contributed by atoms with E-state index in [9.17, 15) is 0 Å². The van der Waals surface area contributed by atoms with Crippen LogP contribution in [0.25, 0.3) is 21.9 Å². The lowest BCUT2D eigenvalue weighted by Crippen LogP contribution is -2.40. The molecule has 0 atom stereocenters. The molecule has 1 fully saturated rings. The van der Waals surface area contributed by atoms with Gasteiger partial charge in [-0.25, -0.2) is 9.97 Å². The molecular weight excluding hydrogens is 460 g/mol. The quantitative estimate of drug-likeness (QED) is 0.299. The van der Waals surface area contributed by atoms with E-state index in [2.05, 4.69) is 52.2 Å². The van der Waals surface area contributed by atoms with E-state index >= 15 is 0 Å². The van der Waals surface area contributed by atoms with Crippen LogP contribution in [0, 0.1) is 0 Å². The number of fused-ring (bicyclic) bond motifs is 2. The Balaban J connectivity index is 1.11. The van der Waals surface area contributed by atoms with Crippen LogP contribution in [-0.2, 0) is 24.6 Å². The van der Waals surface area contributed by atoms with Gasteiger partial charge >= 0.3 is 0 Å². The van der Waals surface area contributed by atoms with Crippen LogP contribution in [0.2, 0.25) is 5.02 Å². The number of hydrogen-bond donors (Lipinski definition) is 1. The third-order valence-corrected chi connectivity index (χ3v) is 6.63. The average Bonchev–Trinajstić information content (AvgIpc) is 3.15. The van der Waals surface area contributed by atoms with Gasteiger partial charge in [-0.3, -0.25) is 0 Å². The minimum Gasteiger partial charge on any atom is -0.439 e. The van der Waals surface area contributed by atoms with E-state index in [1.807, 2.05) is 42.5 Å². The highest BCUT2D eigenvalue weighted by Crippen LogP contribution is 2.26. The van der Waals surface area contributed by atoms with E-state index in [1.165, 1.54) is 5.56 Å². The summed E-state index contributed by atoms with van der Waals surface area (Å²) in [6, 6.07) is 24.4. The number of nitrogens with one attached hydrogen (secondary N) is 1. The Morgan fingerprint density at radius 3 is 2.57 bits per heavy atom. The maximum atomic E-state index is 6.09. The molecule has 0 radical (unpaired) electrons. The second-order valence-electron chi connectivity index (χ2n) is 8.90. The van der Waals surface area contributed by atoms with Gasteiger partial charge in [-0.05, 0) is 60.5 Å². The molecular formula is C28H25ClN4O2. The van der Waals surface area contributed by atoms with Gasteiger partial charge in [0.2, 0.25) is 5.88 Å². The fraction of sp³-hybridized carbons (Fsp3) is 0.214. The van der Waals surface area contributed by atoms with Crippen LogP contribution in [0.1, 0.15) is 11.4 Å². The number of ether oxygens (including phenoxy) is 2. The lowest BCUT2D eigenvalue weighted by atomic mass is 10.1. The number of halogens is 1. The van der Waals surface area contributed by atoms with Crippen molar-refractivity contribution in [1.29, 1.82) is 0 Å². The Morgan fingerprint density at radius 2 is 1.77 bits per heavy atom. The number of anilines is 1. The van der Waals surface area contributed by atoms with Crippen LogP contribution in [-0.4, -0.2) is 33.8 Å². The fourth-order valence-corrected chi connectivity index (χ4v) is 4.50. The van der Waals surface area contributed by atoms with E-state index in [0.717, 1.165) is 65.3 Å². The molecule has 2 aromatic heterocycles. The van der Waals surface area contributed by atoms with Crippen LogP contribution in [0.15, 0.2) is 72.8 Å². The number of benzene rings is 3. The van der Waals surface area contributed by atoms with Crippen LogP contribution in [0.3, 0.4) is 0 Å². The first-order valence-corrected chi connectivity index (χ1v) is 12.1. The summed E-state index contributed by atoms with van der Waals surface area (Å²) in [6.07, 6.45) is 1.76. The third kappa shape index (κ3) is 4.67. The van der Waals surface area contributed by atoms with Crippen molar-refractivity contribution >= 4 is 39.2 Å². The zero-order valence-electron chi connectivity index (χ0n) is 19.4. The molecule has 1 saturated heterocycles. The van der Waals surface area contributed by atoms with Gasteiger partial charge in [0.05, 0.1) is 35.8 Å². The first-order chi connectivity index (χ1) is 17.1. The van der Waals surface area contributed by atoms with Crippen molar-refractivity contribution in [1.82, 2.24) is 14.5 Å². The van der Waals surface area contributed by atoms with Crippen molar-refractivity contribution in [2.24, 2.45) is 7.05 Å². The molecule has 5 aromatic rings. The van der Waals surface area contributed by atoms with E-state index in [4.69, 9.17) is 26.1 Å². The monoisotopic (exact) mass is 484 g/mol. The summed E-state index contributed by atoms with van der Waals surface area (Å²) in [5, 5.41) is 5.20. The summed E-state index contributed by atoms with van der Waals surface area (Å²) < 4.78 is 13.4. The van der Waals surface area contributed by atoms with Crippen LogP contribution >= 0.6 is 11.6 Å². The minimum absolute atomic E-state index is 0.405. The van der Waals surface area contributed by atoms with Crippen LogP contribution < -0.4 is 10.1 Å². The summed E-state index contributed by atoms with van der Waals surface area (Å²) in [5.74, 6) is 2.37. The molecule has 7 heteroatoms. The maximum Gasteiger partial charge on any atom is 0.219 e. The molecule has 6 rings (SSSR count). The van der Waals surface area contributed by atoms with E-state index < -0.39 is 0 Å². The first-order valence-electron chi connectivity index (χ1n) is 11.7. The molecule has 6 nitrogen and oxygen atoms in total. The number of hydrogen-bond acceptors (Lipinski definition) is 5. The highest BCUT2D eigenvalue weighted by molar-refractivity contribution is 6.31. The van der Waals surface area contributed by atoms with Crippen molar-refractivity contribution in [2.75, 3.05) is 18.5 Å². The van der Waals surface area contributed by atoms with Gasteiger partial charge in [0.1, 0.15) is 11.6 Å². The molecule has 1 aliphatic heterocycles. The van der Waals surface area contributed by atoms with Gasteiger partial charge in [0.15, 0.2) is 0 Å². The van der Waals surface area contributed by atoms with E-state index in [-0.39, 0.29) is 0 Å². The smallest absolute Gasteiger partial charge is 0.219 e. The normalized spacial score (nSPS) is 13.8. The molecule has 3 heterocycles. The molecule has 0 aliphatic carbocycles. The third-order valence-electron chi connectivity index (χ3n) is 6.39. The van der Waals surface area contributed by atoms with E-state index in [0.29, 0.717) is 16.9 Å². The molecule has 3 aromatic carbocycles. The maximum absolute atomic E-state index is 6.09. The summed E-state index contributed by atoms with van der Waals surface area (Å²) >= 11 is 6.09. The standard InChI is InChI=1S/C28H25ClN4O2/c1-33-26-15-21(30-22-16-34-17-22)8-11-24(26)31-27(33)12-4-18-2-9-23(10-3-18)35-28-13-6-19-5-7-20(29)14-25(19)32-28/h2-3,5-11,13-15,22,30H,4,12,16-17H2,1H3. The average molecular weight is 485 g/mol. The highest BCUT2D eigenvalue weighted by Gasteiger charge is 2.18. The Bertz CT molecular complexity index is 1510. The molecule has 0 spiro atoms. The van der Waals surface area contributed by atoms with Crippen molar-refractivity contribution in [3.05, 3.63) is 89.2 Å². The zero-order valence-corrected chi connectivity index (χ0v) is 20.1. The molecule has 1 N–H and O–H groups in total. The minimum atomic E-state index is 0.405. The largest absolute Gasteiger partial charge is 0.439 e. The predicted molar refractivity (Wildman–Crippen MR) is 140 cm³/mol. The number of pyridine rings is 1. The number of imidazole rings is 1. The van der Waals surface area contributed by atoms with Gasteiger partial charge in [-0.2, -0.15) is 0 Å². The van der Waals surface area contributed by atoms with Crippen LogP contribution in [0.4, 0.5) is 5.69 Å². The summed E-state index contributed by atoms with van der Waals surface area (Å²) in [7, 11) is 2.08. The van der Waals surface area contributed by atoms with Gasteiger partial charge in [0.25, 0.3) is 0 Å². The van der Waals surface area contributed by atoms with Crippen LogP contribution in [0.5, 0.6) is 11.6 Å². The molecule has 35 heavy (non-hydrogen) atoms. The van der Waals surface area contributed by atoms with Crippen molar-refractivity contribution in [2.45, 2.75) is 18.9 Å². The molecule has 1 aliphatic rings. The number of nitrogens with zero attached hydrogens (tertiary/aromatic N) is 3. The Kier molecular flexibility index (Phi) is 5.76. The zero-order chi connectivity index (χ0) is 23.8. The van der Waals surface area contributed by atoms with E-state index in [1.54, 1.807) is 0 Å². The Morgan fingerprint density at radius 1 is 0.943 bits per heavy atom. The number of aromatic nitrogens is 3. The molecule has 0 amide bonds. The predicted octanol–water partition coefficient (Wildman–Crippen LogP) is 6.16. The van der Waals surface area contributed by atoms with Gasteiger partial charge < -0.3 is 19.4 Å². The topological polar surface area (TPSA) is 61.2 Å². The highest BCUT2D eigenvalue weighted by atomic mass is 35.5. The second kappa shape index (κ2) is 9.21.